The molecule has 2 aromatic heterocycles. The summed E-state index contributed by atoms with van der Waals surface area (Å²) in [6.07, 6.45) is 2.13. The van der Waals surface area contributed by atoms with Gasteiger partial charge in [-0.05, 0) is 66.8 Å². The van der Waals surface area contributed by atoms with E-state index in [-0.39, 0.29) is 0 Å². The van der Waals surface area contributed by atoms with Gasteiger partial charge in [0.2, 0.25) is 5.69 Å². The largest absolute Gasteiger partial charge is 0.454 e. The Hall–Kier alpha value is -4.68. The van der Waals surface area contributed by atoms with Gasteiger partial charge in [-0.1, -0.05) is 60.7 Å². The Morgan fingerprint density at radius 1 is 0.703 bits per heavy atom. The Morgan fingerprint density at radius 2 is 1.43 bits per heavy atom. The van der Waals surface area contributed by atoms with Gasteiger partial charge in [0.25, 0.3) is 0 Å². The summed E-state index contributed by atoms with van der Waals surface area (Å²) in [7, 11) is 2.07. The molecule has 4 aromatic carbocycles. The molecule has 0 saturated heterocycles. The summed E-state index contributed by atoms with van der Waals surface area (Å²) >= 11 is 0. The molecule has 3 nitrogen and oxygen atoms in total. The van der Waals surface area contributed by atoms with Crippen LogP contribution >= 0.6 is 0 Å². The first-order valence-electron chi connectivity index (χ1n) is 12.5. The van der Waals surface area contributed by atoms with Crippen LogP contribution in [-0.4, -0.2) is 0 Å². The Balaban J connectivity index is 1.64. The smallest absolute Gasteiger partial charge is 0.216 e. The second-order valence-electron chi connectivity index (χ2n) is 9.81. The molecule has 0 fully saturated rings. The maximum Gasteiger partial charge on any atom is 0.216 e. The molecule has 6 aromatic rings. The molecule has 2 heterocycles. The molecule has 0 atom stereocenters. The predicted octanol–water partition coefficient (Wildman–Crippen LogP) is 8.21. The van der Waals surface area contributed by atoms with Crippen molar-refractivity contribution in [3.63, 3.8) is 0 Å². The van der Waals surface area contributed by atoms with Crippen molar-refractivity contribution in [3.8, 4) is 39.6 Å². The second kappa shape index (κ2) is 8.76. The molecule has 0 aliphatic heterocycles. The first-order valence-corrected chi connectivity index (χ1v) is 12.5. The lowest BCUT2D eigenvalue weighted by atomic mass is 9.91. The number of benzene rings is 4. The number of hydrogen-bond donors (Lipinski definition) is 0. The van der Waals surface area contributed by atoms with Gasteiger partial charge in [0.05, 0.1) is 17.2 Å². The zero-order chi connectivity index (χ0) is 25.7. The number of aromatic nitrogens is 1. The third kappa shape index (κ3) is 3.70. The van der Waals surface area contributed by atoms with Crippen LogP contribution < -0.4 is 4.57 Å². The van der Waals surface area contributed by atoms with Crippen LogP contribution in [0.1, 0.15) is 22.3 Å². The van der Waals surface area contributed by atoms with Gasteiger partial charge in [0.15, 0.2) is 6.20 Å². The van der Waals surface area contributed by atoms with Crippen LogP contribution in [0.15, 0.2) is 95.5 Å². The molecule has 0 radical (unpaired) electrons. The highest BCUT2D eigenvalue weighted by atomic mass is 16.3. The minimum atomic E-state index is 0.612. The van der Waals surface area contributed by atoms with Crippen molar-refractivity contribution < 1.29 is 8.98 Å². The van der Waals surface area contributed by atoms with E-state index in [0.717, 1.165) is 61.0 Å². The lowest BCUT2D eigenvalue weighted by Crippen LogP contribution is -2.31. The van der Waals surface area contributed by atoms with Crippen LogP contribution in [0, 0.1) is 32.1 Å². The monoisotopic (exact) mass is 479 g/mol. The molecule has 3 heteroatoms. The average molecular weight is 480 g/mol. The molecule has 0 unspecified atom stereocenters. The summed E-state index contributed by atoms with van der Waals surface area (Å²) in [5, 5.41) is 12.2. The third-order valence-electron chi connectivity index (χ3n) is 7.28. The first kappa shape index (κ1) is 22.8. The van der Waals surface area contributed by atoms with Gasteiger partial charge in [-0.15, -0.1) is 0 Å². The van der Waals surface area contributed by atoms with Crippen molar-refractivity contribution in [1.29, 1.82) is 5.26 Å². The van der Waals surface area contributed by atoms with Crippen molar-refractivity contribution in [2.24, 2.45) is 7.05 Å². The molecule has 0 amide bonds. The molecule has 0 aliphatic carbocycles. The van der Waals surface area contributed by atoms with E-state index in [2.05, 4.69) is 111 Å². The van der Waals surface area contributed by atoms with E-state index in [1.54, 1.807) is 0 Å². The lowest BCUT2D eigenvalue weighted by Gasteiger charge is -2.11. The van der Waals surface area contributed by atoms with E-state index >= 15 is 0 Å². The number of nitriles is 1. The number of aryl methyl sites for hydroxylation is 4. The van der Waals surface area contributed by atoms with Crippen LogP contribution in [0.25, 0.3) is 55.4 Å². The zero-order valence-corrected chi connectivity index (χ0v) is 21.5. The Labute approximate surface area is 216 Å². The summed E-state index contributed by atoms with van der Waals surface area (Å²) in [5.74, 6) is 0. The topological polar surface area (TPSA) is 40.8 Å². The van der Waals surface area contributed by atoms with Gasteiger partial charge in [-0.25, -0.2) is 4.57 Å². The summed E-state index contributed by atoms with van der Waals surface area (Å²) in [4.78, 5) is 0. The Bertz CT molecular complexity index is 1870. The predicted molar refractivity (Wildman–Crippen MR) is 150 cm³/mol. The van der Waals surface area contributed by atoms with Crippen LogP contribution in [0.5, 0.6) is 0 Å². The van der Waals surface area contributed by atoms with Gasteiger partial charge in [0.1, 0.15) is 18.2 Å². The summed E-state index contributed by atoms with van der Waals surface area (Å²) in [5.41, 5.74) is 12.0. The molecule has 6 rings (SSSR count). The van der Waals surface area contributed by atoms with Crippen LogP contribution in [-0.2, 0) is 7.05 Å². The summed E-state index contributed by atoms with van der Waals surface area (Å²) < 4.78 is 8.89. The molecule has 178 valence electrons. The fourth-order valence-electron chi connectivity index (χ4n) is 5.44. The minimum absolute atomic E-state index is 0.612. The second-order valence-corrected chi connectivity index (χ2v) is 9.81. The van der Waals surface area contributed by atoms with Gasteiger partial charge in [-0.3, -0.25) is 0 Å². The van der Waals surface area contributed by atoms with Gasteiger partial charge < -0.3 is 4.42 Å². The lowest BCUT2D eigenvalue weighted by molar-refractivity contribution is -0.660. The van der Waals surface area contributed by atoms with Gasteiger partial charge in [0, 0.05) is 28.0 Å². The number of fused-ring (bicyclic) bond motifs is 3. The molecule has 0 aliphatic rings. The maximum absolute atomic E-state index is 10.1. The zero-order valence-electron chi connectivity index (χ0n) is 21.5. The van der Waals surface area contributed by atoms with E-state index in [4.69, 9.17) is 4.42 Å². The molecule has 0 N–H and O–H groups in total. The molecule has 0 bridgehead atoms. The third-order valence-corrected chi connectivity index (χ3v) is 7.28. The van der Waals surface area contributed by atoms with E-state index < -0.39 is 0 Å². The van der Waals surface area contributed by atoms with E-state index in [1.807, 2.05) is 18.2 Å². The minimum Gasteiger partial charge on any atom is -0.454 e. The van der Waals surface area contributed by atoms with E-state index in [1.165, 1.54) is 11.1 Å². The average Bonchev–Trinajstić information content (AvgIpc) is 3.28. The van der Waals surface area contributed by atoms with Crippen LogP contribution in [0.2, 0.25) is 0 Å². The number of hydrogen-bond acceptors (Lipinski definition) is 2. The number of pyridine rings is 1. The molecule has 0 spiro atoms. The van der Waals surface area contributed by atoms with Gasteiger partial charge in [-0.2, -0.15) is 5.26 Å². The first-order chi connectivity index (χ1) is 18.0. The maximum atomic E-state index is 10.1. The van der Waals surface area contributed by atoms with Crippen molar-refractivity contribution in [2.75, 3.05) is 0 Å². The Morgan fingerprint density at radius 3 is 2.14 bits per heavy atom. The number of rotatable bonds is 3. The molecular formula is C34H27N2O+. The SMILES string of the molecule is Cc1ccc(-c2c(C)ccc3c2oc2c(-c4ccc(-c5ccccc5)cc4C)c(C#N)ccc23)[n+](C)c1. The van der Waals surface area contributed by atoms with Crippen molar-refractivity contribution >= 4 is 21.9 Å². The quantitative estimate of drug-likeness (QED) is 0.240. The summed E-state index contributed by atoms with van der Waals surface area (Å²) in [6.45, 7) is 6.32. The van der Waals surface area contributed by atoms with Crippen molar-refractivity contribution in [3.05, 3.63) is 113 Å². The molecule has 0 saturated carbocycles. The number of nitrogens with zero attached hydrogens (tertiary/aromatic N) is 2. The highest BCUT2D eigenvalue weighted by Crippen LogP contribution is 2.43. The van der Waals surface area contributed by atoms with E-state index in [9.17, 15) is 5.26 Å². The highest BCUT2D eigenvalue weighted by molar-refractivity contribution is 6.14. The number of furan rings is 1. The van der Waals surface area contributed by atoms with Gasteiger partial charge >= 0.3 is 0 Å². The fraction of sp³-hybridized carbons (Fsp3) is 0.118. The van der Waals surface area contributed by atoms with Crippen molar-refractivity contribution in [2.45, 2.75) is 20.8 Å². The Kier molecular flexibility index (Phi) is 5.39. The summed E-state index contributed by atoms with van der Waals surface area (Å²) in [6, 6.07) is 31.7. The van der Waals surface area contributed by atoms with E-state index in [0.29, 0.717) is 5.56 Å². The fourth-order valence-corrected chi connectivity index (χ4v) is 5.44. The van der Waals surface area contributed by atoms with Crippen LogP contribution in [0.3, 0.4) is 0 Å². The highest BCUT2D eigenvalue weighted by Gasteiger charge is 2.23. The molecular weight excluding hydrogens is 452 g/mol. The normalized spacial score (nSPS) is 11.2. The van der Waals surface area contributed by atoms with Crippen molar-refractivity contribution in [1.82, 2.24) is 0 Å². The standard InChI is InChI=1S/C34H27N2O/c1-21-10-17-30(36(4)20-21)31-22(2)11-14-28-29-16-13-26(19-35)32(34(29)37-33(28)31)27-15-12-25(18-23(27)3)24-8-6-5-7-9-24/h5-18,20H,1-4H3/q+1. The van der Waals surface area contributed by atoms with Crippen LogP contribution in [0.4, 0.5) is 0 Å². The molecule has 37 heavy (non-hydrogen) atoms.